The third kappa shape index (κ3) is 3.92. The highest BCUT2D eigenvalue weighted by molar-refractivity contribution is 7.98. The summed E-state index contributed by atoms with van der Waals surface area (Å²) in [5, 5.41) is 18.1. The van der Waals surface area contributed by atoms with E-state index >= 15 is 0 Å². The largest absolute Gasteiger partial charge is 0.497 e. The molecular formula is C18H17N5OS. The predicted octanol–water partition coefficient (Wildman–Crippen LogP) is 2.76. The molecule has 0 atom stereocenters. The molecule has 0 aliphatic heterocycles. The van der Waals surface area contributed by atoms with Crippen LogP contribution >= 0.6 is 11.8 Å². The Morgan fingerprint density at radius 1 is 1.16 bits per heavy atom. The summed E-state index contributed by atoms with van der Waals surface area (Å²) in [6, 6.07) is 17.5. The molecule has 0 aliphatic carbocycles. The van der Waals surface area contributed by atoms with Crippen LogP contribution in [0.15, 0.2) is 53.7 Å². The van der Waals surface area contributed by atoms with Crippen molar-refractivity contribution in [3.63, 3.8) is 0 Å². The number of benzene rings is 2. The molecule has 0 unspecified atom stereocenters. The number of methoxy groups -OCH3 is 1. The van der Waals surface area contributed by atoms with Crippen LogP contribution in [0.4, 0.5) is 0 Å². The Morgan fingerprint density at radius 3 is 2.64 bits per heavy atom. The van der Waals surface area contributed by atoms with E-state index in [1.165, 1.54) is 16.4 Å². The van der Waals surface area contributed by atoms with E-state index in [1.807, 2.05) is 42.5 Å². The average Bonchev–Trinajstić information content (AvgIpc) is 3.00. The lowest BCUT2D eigenvalue weighted by Crippen LogP contribution is -2.14. The van der Waals surface area contributed by atoms with Crippen LogP contribution in [0.5, 0.6) is 5.75 Å². The molecular weight excluding hydrogens is 334 g/mol. The Kier molecular flexibility index (Phi) is 5.21. The number of ether oxygens (including phenoxy) is 1. The molecule has 0 fully saturated rings. The van der Waals surface area contributed by atoms with Gasteiger partial charge in [0.25, 0.3) is 0 Å². The molecule has 6 nitrogen and oxygen atoms in total. The minimum Gasteiger partial charge on any atom is -0.497 e. The minimum atomic E-state index is 0.586. The van der Waals surface area contributed by atoms with E-state index in [-0.39, 0.29) is 0 Å². The summed E-state index contributed by atoms with van der Waals surface area (Å²) >= 11 is 1.46. The Labute approximate surface area is 150 Å². The number of aromatic nitrogens is 3. The molecule has 3 aromatic rings. The molecule has 0 aliphatic rings. The highest BCUT2D eigenvalue weighted by atomic mass is 32.2. The molecule has 25 heavy (non-hydrogen) atoms. The highest BCUT2D eigenvalue weighted by Gasteiger charge is 2.12. The van der Waals surface area contributed by atoms with Crippen molar-refractivity contribution in [2.45, 2.75) is 17.3 Å². The molecule has 2 aromatic carbocycles. The van der Waals surface area contributed by atoms with E-state index in [0.717, 1.165) is 16.9 Å². The minimum absolute atomic E-state index is 0.586. The summed E-state index contributed by atoms with van der Waals surface area (Å²) in [5.74, 6) is 8.23. The molecule has 0 spiro atoms. The van der Waals surface area contributed by atoms with Gasteiger partial charge < -0.3 is 10.6 Å². The molecule has 0 radical (unpaired) electrons. The van der Waals surface area contributed by atoms with Crippen molar-refractivity contribution in [1.29, 1.82) is 5.26 Å². The molecule has 7 heteroatoms. The monoisotopic (exact) mass is 351 g/mol. The molecule has 0 saturated carbocycles. The molecule has 1 heterocycles. The van der Waals surface area contributed by atoms with Gasteiger partial charge in [-0.15, -0.1) is 10.2 Å². The topological polar surface area (TPSA) is 89.8 Å². The van der Waals surface area contributed by atoms with Crippen molar-refractivity contribution in [2.24, 2.45) is 0 Å². The molecule has 0 saturated heterocycles. The predicted molar refractivity (Wildman–Crippen MR) is 96.7 cm³/mol. The lowest BCUT2D eigenvalue weighted by Gasteiger charge is -2.06. The summed E-state index contributed by atoms with van der Waals surface area (Å²) in [6.45, 7) is 0. The standard InChI is InChI=1S/C18H17N5OS/c1-24-16-8-6-13(7-9-16)10-17-21-22-18(23(17)20)25-12-15-5-3-2-4-14(15)11-19/h2-9H,10,12,20H2,1H3. The maximum absolute atomic E-state index is 9.15. The van der Waals surface area contributed by atoms with E-state index in [0.29, 0.717) is 28.7 Å². The van der Waals surface area contributed by atoms with Gasteiger partial charge in [-0.2, -0.15) is 5.26 Å². The van der Waals surface area contributed by atoms with E-state index in [2.05, 4.69) is 16.3 Å². The van der Waals surface area contributed by atoms with Crippen LogP contribution in [0.1, 0.15) is 22.5 Å². The first-order valence-corrected chi connectivity index (χ1v) is 8.63. The number of rotatable bonds is 6. The van der Waals surface area contributed by atoms with E-state index < -0.39 is 0 Å². The van der Waals surface area contributed by atoms with Crippen molar-refractivity contribution in [3.05, 3.63) is 71.0 Å². The van der Waals surface area contributed by atoms with Crippen molar-refractivity contribution < 1.29 is 4.74 Å². The van der Waals surface area contributed by atoms with Crippen LogP contribution in [-0.4, -0.2) is 22.0 Å². The maximum atomic E-state index is 9.15. The Balaban J connectivity index is 1.69. The van der Waals surface area contributed by atoms with E-state index in [9.17, 15) is 0 Å². The number of nitrogens with zero attached hydrogens (tertiary/aromatic N) is 4. The second-order valence-corrected chi connectivity index (χ2v) is 6.29. The van der Waals surface area contributed by atoms with Crippen LogP contribution < -0.4 is 10.6 Å². The van der Waals surface area contributed by atoms with Crippen molar-refractivity contribution in [1.82, 2.24) is 14.9 Å². The van der Waals surface area contributed by atoms with E-state index in [1.54, 1.807) is 13.2 Å². The summed E-state index contributed by atoms with van der Waals surface area (Å²) < 4.78 is 6.66. The van der Waals surface area contributed by atoms with Crippen molar-refractivity contribution in [3.8, 4) is 11.8 Å². The van der Waals surface area contributed by atoms with Crippen LogP contribution in [0, 0.1) is 11.3 Å². The molecule has 2 N–H and O–H groups in total. The van der Waals surface area contributed by atoms with Gasteiger partial charge in [-0.05, 0) is 29.3 Å². The van der Waals surface area contributed by atoms with E-state index in [4.69, 9.17) is 15.8 Å². The highest BCUT2D eigenvalue weighted by Crippen LogP contribution is 2.23. The second-order valence-electron chi connectivity index (χ2n) is 5.35. The number of thioether (sulfide) groups is 1. The molecule has 0 amide bonds. The van der Waals surface area contributed by atoms with Gasteiger partial charge in [-0.3, -0.25) is 0 Å². The summed E-state index contributed by atoms with van der Waals surface area (Å²) in [4.78, 5) is 0. The third-order valence-electron chi connectivity index (χ3n) is 3.75. The van der Waals surface area contributed by atoms with Gasteiger partial charge >= 0.3 is 0 Å². The zero-order chi connectivity index (χ0) is 17.6. The average molecular weight is 351 g/mol. The second kappa shape index (κ2) is 7.73. The smallest absolute Gasteiger partial charge is 0.210 e. The number of nitrogen functional groups attached to an aromatic ring is 1. The van der Waals surface area contributed by atoms with Gasteiger partial charge in [0.2, 0.25) is 5.16 Å². The quantitative estimate of drug-likeness (QED) is 0.542. The number of nitrogens with two attached hydrogens (primary N) is 1. The maximum Gasteiger partial charge on any atom is 0.210 e. The molecule has 3 rings (SSSR count). The number of hydrogen-bond acceptors (Lipinski definition) is 6. The Hall–Kier alpha value is -2.98. The van der Waals surface area contributed by atoms with Crippen molar-refractivity contribution >= 4 is 11.8 Å². The molecule has 126 valence electrons. The zero-order valence-corrected chi connectivity index (χ0v) is 14.5. The summed E-state index contributed by atoms with van der Waals surface area (Å²) in [5.41, 5.74) is 2.69. The van der Waals surface area contributed by atoms with Gasteiger partial charge in [0, 0.05) is 12.2 Å². The SMILES string of the molecule is COc1ccc(Cc2nnc(SCc3ccccc3C#N)n2N)cc1. The number of hydrogen-bond donors (Lipinski definition) is 1. The fraction of sp³-hybridized carbons (Fsp3) is 0.167. The van der Waals surface area contributed by atoms with Crippen molar-refractivity contribution in [2.75, 3.05) is 13.0 Å². The first-order valence-electron chi connectivity index (χ1n) is 7.64. The summed E-state index contributed by atoms with van der Waals surface area (Å²) in [7, 11) is 1.64. The molecule has 0 bridgehead atoms. The first kappa shape index (κ1) is 16.9. The number of nitriles is 1. The van der Waals surface area contributed by atoms with Crippen LogP contribution in [-0.2, 0) is 12.2 Å². The van der Waals surface area contributed by atoms with Crippen LogP contribution in [0.3, 0.4) is 0 Å². The van der Waals surface area contributed by atoms with Gasteiger partial charge in [-0.25, -0.2) is 4.68 Å². The van der Waals surface area contributed by atoms with Gasteiger partial charge in [0.05, 0.1) is 18.7 Å². The van der Waals surface area contributed by atoms with Gasteiger partial charge in [-0.1, -0.05) is 42.1 Å². The molecule has 1 aromatic heterocycles. The van der Waals surface area contributed by atoms with Gasteiger partial charge in [0.1, 0.15) is 5.75 Å². The third-order valence-corrected chi connectivity index (χ3v) is 4.74. The Bertz CT molecular complexity index is 899. The van der Waals surface area contributed by atoms with Crippen LogP contribution in [0.2, 0.25) is 0 Å². The fourth-order valence-electron chi connectivity index (χ4n) is 2.35. The lowest BCUT2D eigenvalue weighted by atomic mass is 10.1. The first-order chi connectivity index (χ1) is 12.2. The normalized spacial score (nSPS) is 10.4. The fourth-order valence-corrected chi connectivity index (χ4v) is 3.23. The zero-order valence-electron chi connectivity index (χ0n) is 13.7. The lowest BCUT2D eigenvalue weighted by molar-refractivity contribution is 0.414. The Morgan fingerprint density at radius 2 is 1.92 bits per heavy atom. The summed E-state index contributed by atoms with van der Waals surface area (Å²) in [6.07, 6.45) is 0.586. The van der Waals surface area contributed by atoms with Gasteiger partial charge in [0.15, 0.2) is 5.82 Å². The van der Waals surface area contributed by atoms with Crippen LogP contribution in [0.25, 0.3) is 0 Å².